The van der Waals surface area contributed by atoms with Crippen LogP contribution >= 0.6 is 0 Å². The molecule has 0 saturated heterocycles. The summed E-state index contributed by atoms with van der Waals surface area (Å²) in [6.45, 7) is 7.07. The maximum atomic E-state index is 2.57. The topological polar surface area (TPSA) is 9.86 Å². The van der Waals surface area contributed by atoms with Crippen molar-refractivity contribution in [1.29, 1.82) is 0 Å². The van der Waals surface area contributed by atoms with Crippen LogP contribution in [0.15, 0.2) is 146 Å². The van der Waals surface area contributed by atoms with Crippen LogP contribution in [0, 0.1) is 5.92 Å². The monoisotopic (exact) mass is 554 g/mol. The zero-order valence-corrected chi connectivity index (χ0v) is 24.8. The van der Waals surface area contributed by atoms with Crippen LogP contribution in [-0.2, 0) is 5.54 Å². The Morgan fingerprint density at radius 3 is 1.26 bits per heavy atom. The summed E-state index contributed by atoms with van der Waals surface area (Å²) in [5.74, 6) is 0.378. The van der Waals surface area contributed by atoms with Gasteiger partial charge in [-0.15, -0.1) is 0 Å². The third-order valence-corrected chi connectivity index (χ3v) is 9.68. The molecule has 43 heavy (non-hydrogen) atoms. The molecule has 2 aromatic heterocycles. The molecule has 0 fully saturated rings. The normalized spacial score (nSPS) is 13.4. The third kappa shape index (κ3) is 3.79. The highest BCUT2D eigenvalue weighted by Gasteiger charge is 2.35. The first kappa shape index (κ1) is 25.6. The van der Waals surface area contributed by atoms with E-state index in [-0.39, 0.29) is 5.54 Å². The summed E-state index contributed by atoms with van der Waals surface area (Å²) in [6, 6.07) is 53.2. The van der Waals surface area contributed by atoms with Gasteiger partial charge in [0.15, 0.2) is 0 Å². The fourth-order valence-electron chi connectivity index (χ4n) is 7.15. The molecular formula is C41H34N2. The van der Waals surface area contributed by atoms with Gasteiger partial charge in [0.25, 0.3) is 0 Å². The highest BCUT2D eigenvalue weighted by Crippen LogP contribution is 2.42. The van der Waals surface area contributed by atoms with Gasteiger partial charge in [-0.25, -0.2) is 0 Å². The highest BCUT2D eigenvalue weighted by atomic mass is 15.1. The molecule has 0 spiro atoms. The lowest BCUT2D eigenvalue weighted by Gasteiger charge is -2.38. The van der Waals surface area contributed by atoms with E-state index in [1.165, 1.54) is 66.0 Å². The summed E-state index contributed by atoms with van der Waals surface area (Å²) in [5, 5.41) is 5.19. The van der Waals surface area contributed by atoms with Gasteiger partial charge in [0, 0.05) is 38.3 Å². The fraction of sp³-hybridized carbons (Fsp3) is 0.122. The second-order valence-corrected chi connectivity index (χ2v) is 12.2. The Hall–Kier alpha value is -5.08. The van der Waals surface area contributed by atoms with Crippen molar-refractivity contribution in [3.63, 3.8) is 0 Å². The van der Waals surface area contributed by atoms with Gasteiger partial charge in [-0.05, 0) is 65.9 Å². The third-order valence-electron chi connectivity index (χ3n) is 9.68. The first-order valence-electron chi connectivity index (χ1n) is 15.2. The van der Waals surface area contributed by atoms with E-state index in [0.717, 1.165) is 0 Å². The molecule has 1 unspecified atom stereocenters. The first-order valence-corrected chi connectivity index (χ1v) is 15.2. The number of hydrogen-bond acceptors (Lipinski definition) is 0. The van der Waals surface area contributed by atoms with Crippen molar-refractivity contribution in [3.05, 3.63) is 151 Å². The van der Waals surface area contributed by atoms with Crippen LogP contribution in [-0.4, -0.2) is 9.13 Å². The average molecular weight is 555 g/mol. The standard InChI is InChI=1S/C41H34N2/c1-28(2)41(3,43-39-18-10-6-14-35(39)36-15-7-11-19-40(36)43)31-24-20-29(21-25-31)30-22-26-32(27-23-30)42-37-16-8-4-12-33(37)34-13-5-9-17-38(34)42/h4-28H,1-3H3. The van der Waals surface area contributed by atoms with Crippen molar-refractivity contribution < 1.29 is 0 Å². The smallest absolute Gasteiger partial charge is 0.0697 e. The minimum absolute atomic E-state index is 0.221. The number of fused-ring (bicyclic) bond motifs is 6. The lowest BCUT2D eigenvalue weighted by molar-refractivity contribution is 0.298. The van der Waals surface area contributed by atoms with Crippen LogP contribution in [0.1, 0.15) is 26.3 Å². The predicted molar refractivity (Wildman–Crippen MR) is 183 cm³/mol. The molecule has 2 nitrogen and oxygen atoms in total. The van der Waals surface area contributed by atoms with Crippen molar-refractivity contribution in [2.45, 2.75) is 26.3 Å². The van der Waals surface area contributed by atoms with E-state index in [0.29, 0.717) is 5.92 Å². The van der Waals surface area contributed by atoms with Crippen molar-refractivity contribution in [1.82, 2.24) is 9.13 Å². The molecule has 2 heteroatoms. The molecule has 0 bridgehead atoms. The van der Waals surface area contributed by atoms with Crippen LogP contribution < -0.4 is 0 Å². The van der Waals surface area contributed by atoms with Crippen LogP contribution in [0.4, 0.5) is 0 Å². The first-order chi connectivity index (χ1) is 21.1. The quantitative estimate of drug-likeness (QED) is 0.200. The van der Waals surface area contributed by atoms with Gasteiger partial charge in [0.1, 0.15) is 0 Å². The zero-order valence-electron chi connectivity index (χ0n) is 24.8. The number of nitrogens with zero attached hydrogens (tertiary/aromatic N) is 2. The van der Waals surface area contributed by atoms with Gasteiger partial charge >= 0.3 is 0 Å². The molecule has 0 aliphatic heterocycles. The molecule has 2 heterocycles. The summed E-state index contributed by atoms with van der Waals surface area (Å²) in [5.41, 5.74) is 9.76. The van der Waals surface area contributed by atoms with Crippen LogP contribution in [0.3, 0.4) is 0 Å². The molecule has 0 saturated carbocycles. The van der Waals surface area contributed by atoms with Crippen molar-refractivity contribution in [3.8, 4) is 16.8 Å². The molecule has 8 rings (SSSR count). The second-order valence-electron chi connectivity index (χ2n) is 12.2. The van der Waals surface area contributed by atoms with E-state index in [4.69, 9.17) is 0 Å². The van der Waals surface area contributed by atoms with Crippen LogP contribution in [0.5, 0.6) is 0 Å². The average Bonchev–Trinajstić information content (AvgIpc) is 3.58. The lowest BCUT2D eigenvalue weighted by atomic mass is 9.80. The number of para-hydroxylation sites is 4. The molecule has 0 aliphatic carbocycles. The van der Waals surface area contributed by atoms with E-state index in [2.05, 4.69) is 175 Å². The summed E-state index contributed by atoms with van der Waals surface area (Å²) >= 11 is 0. The van der Waals surface area contributed by atoms with Crippen molar-refractivity contribution in [2.75, 3.05) is 0 Å². The Bertz CT molecular complexity index is 2160. The zero-order chi connectivity index (χ0) is 29.1. The molecule has 6 aromatic carbocycles. The van der Waals surface area contributed by atoms with Gasteiger partial charge in [0.2, 0.25) is 0 Å². The fourth-order valence-corrected chi connectivity index (χ4v) is 7.15. The van der Waals surface area contributed by atoms with Crippen molar-refractivity contribution in [2.24, 2.45) is 5.92 Å². The molecule has 0 radical (unpaired) electrons. The van der Waals surface area contributed by atoms with Gasteiger partial charge in [-0.3, -0.25) is 0 Å². The Kier molecular flexibility index (Phi) is 5.80. The molecule has 8 aromatic rings. The van der Waals surface area contributed by atoms with Crippen LogP contribution in [0.2, 0.25) is 0 Å². The van der Waals surface area contributed by atoms with Gasteiger partial charge in [-0.1, -0.05) is 123 Å². The van der Waals surface area contributed by atoms with Gasteiger partial charge < -0.3 is 9.13 Å². The number of benzene rings is 6. The molecular weight excluding hydrogens is 520 g/mol. The summed E-state index contributed by atoms with van der Waals surface area (Å²) in [7, 11) is 0. The lowest BCUT2D eigenvalue weighted by Crippen LogP contribution is -2.36. The van der Waals surface area contributed by atoms with E-state index < -0.39 is 0 Å². The van der Waals surface area contributed by atoms with Gasteiger partial charge in [0.05, 0.1) is 16.6 Å². The minimum Gasteiger partial charge on any atom is -0.330 e. The maximum Gasteiger partial charge on any atom is 0.0697 e. The molecule has 208 valence electrons. The Morgan fingerprint density at radius 2 is 0.814 bits per heavy atom. The largest absolute Gasteiger partial charge is 0.330 e. The Balaban J connectivity index is 1.20. The number of aromatic nitrogens is 2. The van der Waals surface area contributed by atoms with E-state index in [1.54, 1.807) is 0 Å². The summed E-state index contributed by atoms with van der Waals surface area (Å²) in [4.78, 5) is 0. The Morgan fingerprint density at radius 1 is 0.442 bits per heavy atom. The summed E-state index contributed by atoms with van der Waals surface area (Å²) < 4.78 is 4.94. The minimum atomic E-state index is -0.221. The van der Waals surface area contributed by atoms with E-state index >= 15 is 0 Å². The second kappa shape index (κ2) is 9.74. The van der Waals surface area contributed by atoms with E-state index in [9.17, 15) is 0 Å². The van der Waals surface area contributed by atoms with Crippen molar-refractivity contribution >= 4 is 43.6 Å². The molecule has 1 atom stereocenters. The Labute approximate surface area is 252 Å². The number of hydrogen-bond donors (Lipinski definition) is 0. The van der Waals surface area contributed by atoms with Crippen LogP contribution in [0.25, 0.3) is 60.4 Å². The number of rotatable bonds is 5. The summed E-state index contributed by atoms with van der Waals surface area (Å²) in [6.07, 6.45) is 0. The highest BCUT2D eigenvalue weighted by molar-refractivity contribution is 6.09. The molecule has 0 amide bonds. The van der Waals surface area contributed by atoms with E-state index in [1.807, 2.05) is 0 Å². The van der Waals surface area contributed by atoms with Gasteiger partial charge in [-0.2, -0.15) is 0 Å². The SMILES string of the molecule is CC(C)C(C)(c1ccc(-c2ccc(-n3c4ccccc4c4ccccc43)cc2)cc1)n1c2ccccc2c2ccccc21. The predicted octanol–water partition coefficient (Wildman–Crippen LogP) is 11.0. The molecule has 0 aliphatic rings. The maximum absolute atomic E-state index is 2.57. The molecule has 0 N–H and O–H groups in total.